The fourth-order valence-corrected chi connectivity index (χ4v) is 1.40. The number of rotatable bonds is 5. The Balaban J connectivity index is 2.43. The number of hydrogen-bond donors (Lipinski definition) is 0. The highest BCUT2D eigenvalue weighted by atomic mass is 79.9. The van der Waals surface area contributed by atoms with E-state index in [-0.39, 0.29) is 6.10 Å². The highest BCUT2D eigenvalue weighted by molar-refractivity contribution is 9.10. The standard InChI is InChI=1S/C11H15BrO2/c1-9(14-8-7-13-2)10-3-5-11(12)6-4-10/h3-6,9H,7-8H2,1-2H3/t9-/m1/s1. The molecule has 1 rings (SSSR count). The van der Waals surface area contributed by atoms with Gasteiger partial charge in [0, 0.05) is 11.6 Å². The zero-order valence-electron chi connectivity index (χ0n) is 8.50. The van der Waals surface area contributed by atoms with Crippen LogP contribution in [0.3, 0.4) is 0 Å². The molecule has 0 saturated heterocycles. The molecule has 0 amide bonds. The van der Waals surface area contributed by atoms with Gasteiger partial charge >= 0.3 is 0 Å². The van der Waals surface area contributed by atoms with Gasteiger partial charge in [-0.05, 0) is 24.6 Å². The molecule has 0 aromatic heterocycles. The summed E-state index contributed by atoms with van der Waals surface area (Å²) in [7, 11) is 1.67. The van der Waals surface area contributed by atoms with E-state index in [4.69, 9.17) is 9.47 Å². The van der Waals surface area contributed by atoms with Crippen LogP contribution in [0.5, 0.6) is 0 Å². The molecule has 1 aromatic rings. The van der Waals surface area contributed by atoms with E-state index in [1.807, 2.05) is 19.1 Å². The molecular weight excluding hydrogens is 244 g/mol. The topological polar surface area (TPSA) is 18.5 Å². The first-order valence-corrected chi connectivity index (χ1v) is 5.39. The molecule has 0 radical (unpaired) electrons. The van der Waals surface area contributed by atoms with Crippen LogP contribution in [-0.2, 0) is 9.47 Å². The van der Waals surface area contributed by atoms with Gasteiger partial charge in [0.1, 0.15) is 0 Å². The van der Waals surface area contributed by atoms with Crippen molar-refractivity contribution < 1.29 is 9.47 Å². The monoisotopic (exact) mass is 258 g/mol. The average molecular weight is 259 g/mol. The fraction of sp³-hybridized carbons (Fsp3) is 0.455. The largest absolute Gasteiger partial charge is 0.382 e. The number of ether oxygens (including phenoxy) is 2. The Morgan fingerprint density at radius 2 is 1.86 bits per heavy atom. The van der Waals surface area contributed by atoms with Crippen molar-refractivity contribution in [2.24, 2.45) is 0 Å². The van der Waals surface area contributed by atoms with E-state index in [0.29, 0.717) is 13.2 Å². The molecule has 0 aliphatic carbocycles. The molecule has 0 saturated carbocycles. The Bertz CT molecular complexity index is 258. The molecule has 78 valence electrons. The first-order valence-electron chi connectivity index (χ1n) is 4.60. The van der Waals surface area contributed by atoms with E-state index >= 15 is 0 Å². The van der Waals surface area contributed by atoms with Gasteiger partial charge in [-0.15, -0.1) is 0 Å². The lowest BCUT2D eigenvalue weighted by atomic mass is 10.1. The quantitative estimate of drug-likeness (QED) is 0.756. The Hall–Kier alpha value is -0.380. The fourth-order valence-electron chi connectivity index (χ4n) is 1.14. The molecule has 0 spiro atoms. The van der Waals surface area contributed by atoms with Gasteiger partial charge in [-0.3, -0.25) is 0 Å². The molecule has 1 aromatic carbocycles. The third-order valence-electron chi connectivity index (χ3n) is 1.99. The van der Waals surface area contributed by atoms with Gasteiger partial charge in [0.25, 0.3) is 0 Å². The minimum Gasteiger partial charge on any atom is -0.382 e. The normalized spacial score (nSPS) is 12.8. The van der Waals surface area contributed by atoms with Gasteiger partial charge in [0.15, 0.2) is 0 Å². The van der Waals surface area contributed by atoms with Crippen molar-refractivity contribution >= 4 is 15.9 Å². The molecule has 0 fully saturated rings. The molecule has 1 atom stereocenters. The van der Waals surface area contributed by atoms with Gasteiger partial charge in [-0.2, -0.15) is 0 Å². The molecule has 14 heavy (non-hydrogen) atoms. The molecule has 2 nitrogen and oxygen atoms in total. The highest BCUT2D eigenvalue weighted by Crippen LogP contribution is 2.19. The minimum absolute atomic E-state index is 0.123. The third-order valence-corrected chi connectivity index (χ3v) is 2.52. The van der Waals surface area contributed by atoms with Crippen molar-refractivity contribution in [2.45, 2.75) is 13.0 Å². The van der Waals surface area contributed by atoms with Crippen LogP contribution in [0.1, 0.15) is 18.6 Å². The predicted octanol–water partition coefficient (Wildman–Crippen LogP) is 3.17. The van der Waals surface area contributed by atoms with Gasteiger partial charge in [0.2, 0.25) is 0 Å². The first-order chi connectivity index (χ1) is 6.74. The molecule has 0 aliphatic rings. The van der Waals surface area contributed by atoms with Crippen molar-refractivity contribution in [3.8, 4) is 0 Å². The lowest BCUT2D eigenvalue weighted by Gasteiger charge is -2.12. The average Bonchev–Trinajstić information content (AvgIpc) is 2.19. The van der Waals surface area contributed by atoms with Crippen LogP contribution in [0.2, 0.25) is 0 Å². The summed E-state index contributed by atoms with van der Waals surface area (Å²) in [5.41, 5.74) is 1.18. The van der Waals surface area contributed by atoms with E-state index in [0.717, 1.165) is 4.47 Å². The number of hydrogen-bond acceptors (Lipinski definition) is 2. The van der Waals surface area contributed by atoms with Gasteiger partial charge < -0.3 is 9.47 Å². The van der Waals surface area contributed by atoms with Crippen LogP contribution in [0, 0.1) is 0 Å². The second kappa shape index (κ2) is 6.17. The summed E-state index contributed by atoms with van der Waals surface area (Å²) in [5.74, 6) is 0. The van der Waals surface area contributed by atoms with E-state index in [2.05, 4.69) is 28.1 Å². The van der Waals surface area contributed by atoms with Crippen molar-refractivity contribution in [2.75, 3.05) is 20.3 Å². The van der Waals surface area contributed by atoms with Crippen LogP contribution in [0.25, 0.3) is 0 Å². The van der Waals surface area contributed by atoms with E-state index in [1.165, 1.54) is 5.56 Å². The lowest BCUT2D eigenvalue weighted by Crippen LogP contribution is -2.05. The zero-order valence-corrected chi connectivity index (χ0v) is 10.1. The maximum absolute atomic E-state index is 5.57. The summed E-state index contributed by atoms with van der Waals surface area (Å²) in [6.07, 6.45) is 0.123. The maximum Gasteiger partial charge on any atom is 0.0798 e. The Morgan fingerprint density at radius 3 is 2.43 bits per heavy atom. The molecule has 0 heterocycles. The molecular formula is C11H15BrO2. The summed E-state index contributed by atoms with van der Waals surface area (Å²) in [6, 6.07) is 8.15. The minimum atomic E-state index is 0.123. The van der Waals surface area contributed by atoms with Crippen LogP contribution < -0.4 is 0 Å². The first kappa shape index (κ1) is 11.7. The summed E-state index contributed by atoms with van der Waals surface area (Å²) in [4.78, 5) is 0. The smallest absolute Gasteiger partial charge is 0.0798 e. The molecule has 3 heteroatoms. The van der Waals surface area contributed by atoms with Crippen molar-refractivity contribution in [1.82, 2.24) is 0 Å². The van der Waals surface area contributed by atoms with Crippen LogP contribution in [-0.4, -0.2) is 20.3 Å². The Labute approximate surface area is 93.4 Å². The number of benzene rings is 1. The van der Waals surface area contributed by atoms with Crippen LogP contribution in [0.4, 0.5) is 0 Å². The number of halogens is 1. The summed E-state index contributed by atoms with van der Waals surface area (Å²) >= 11 is 3.40. The van der Waals surface area contributed by atoms with E-state index in [1.54, 1.807) is 7.11 Å². The molecule has 0 bridgehead atoms. The van der Waals surface area contributed by atoms with Crippen LogP contribution >= 0.6 is 15.9 Å². The van der Waals surface area contributed by atoms with Crippen molar-refractivity contribution in [3.05, 3.63) is 34.3 Å². The van der Waals surface area contributed by atoms with Crippen LogP contribution in [0.15, 0.2) is 28.7 Å². The lowest BCUT2D eigenvalue weighted by molar-refractivity contribution is 0.0256. The zero-order chi connectivity index (χ0) is 10.4. The van der Waals surface area contributed by atoms with Crippen molar-refractivity contribution in [3.63, 3.8) is 0 Å². The molecule has 0 aliphatic heterocycles. The maximum atomic E-state index is 5.57. The van der Waals surface area contributed by atoms with Gasteiger partial charge in [-0.1, -0.05) is 28.1 Å². The SMILES string of the molecule is COCCO[C@H](C)c1ccc(Br)cc1. The highest BCUT2D eigenvalue weighted by Gasteiger charge is 2.04. The number of methoxy groups -OCH3 is 1. The summed E-state index contributed by atoms with van der Waals surface area (Å²) < 4.78 is 11.6. The molecule has 0 unspecified atom stereocenters. The summed E-state index contributed by atoms with van der Waals surface area (Å²) in [6.45, 7) is 3.31. The van der Waals surface area contributed by atoms with E-state index in [9.17, 15) is 0 Å². The Kier molecular flexibility index (Phi) is 5.15. The Morgan fingerprint density at radius 1 is 1.21 bits per heavy atom. The second-order valence-electron chi connectivity index (χ2n) is 3.06. The third kappa shape index (κ3) is 3.78. The van der Waals surface area contributed by atoms with Gasteiger partial charge in [-0.25, -0.2) is 0 Å². The predicted molar refractivity (Wildman–Crippen MR) is 60.4 cm³/mol. The summed E-state index contributed by atoms with van der Waals surface area (Å²) in [5, 5.41) is 0. The van der Waals surface area contributed by atoms with Gasteiger partial charge in [0.05, 0.1) is 19.3 Å². The second-order valence-corrected chi connectivity index (χ2v) is 3.97. The van der Waals surface area contributed by atoms with E-state index < -0.39 is 0 Å². The van der Waals surface area contributed by atoms with Crippen molar-refractivity contribution in [1.29, 1.82) is 0 Å². The molecule has 0 N–H and O–H groups in total.